The molecule has 2 aromatic carbocycles. The van der Waals surface area contributed by atoms with Crippen LogP contribution in [0.25, 0.3) is 33.0 Å². The number of nitrogens with one attached hydrogen (secondary N) is 3. The average molecular weight is 474 g/mol. The van der Waals surface area contributed by atoms with Crippen molar-refractivity contribution in [3.63, 3.8) is 0 Å². The molecule has 1 aliphatic heterocycles. The van der Waals surface area contributed by atoms with Gasteiger partial charge in [0.2, 0.25) is 0 Å². The normalized spacial score (nSPS) is 13.8. The Kier molecular flexibility index (Phi) is 5.62. The van der Waals surface area contributed by atoms with Gasteiger partial charge in [-0.3, -0.25) is 20.3 Å². The molecule has 0 saturated heterocycles. The van der Waals surface area contributed by atoms with E-state index in [1.54, 1.807) is 13.3 Å². The van der Waals surface area contributed by atoms with Gasteiger partial charge in [0.1, 0.15) is 5.75 Å². The highest BCUT2D eigenvalue weighted by atomic mass is 32.2. The number of hydrogen-bond acceptors (Lipinski definition) is 5. The third-order valence-electron chi connectivity index (χ3n) is 5.95. The minimum atomic E-state index is -0.417. The fraction of sp³-hybridized carbons (Fsp3) is 0.160. The average Bonchev–Trinajstić information content (AvgIpc) is 3.49. The maximum Gasteiger partial charge on any atom is 0.259 e. The van der Waals surface area contributed by atoms with E-state index >= 15 is 0 Å². The SMILES string of the molecule is COc1ccc2c(c1)c(C1=C(c3c[nH]c4ccccc34)C(=O)NC1=O)cn2CCCSC(=N)N. The topological polar surface area (TPSA) is 126 Å². The lowest BCUT2D eigenvalue weighted by Crippen LogP contribution is -2.22. The second-order valence-corrected chi connectivity index (χ2v) is 9.10. The highest BCUT2D eigenvalue weighted by Gasteiger charge is 2.35. The zero-order chi connectivity index (χ0) is 23.8. The summed E-state index contributed by atoms with van der Waals surface area (Å²) in [5.41, 5.74) is 9.35. The molecule has 3 heterocycles. The largest absolute Gasteiger partial charge is 0.497 e. The predicted octanol–water partition coefficient (Wildman–Crippen LogP) is 3.72. The van der Waals surface area contributed by atoms with Crippen LogP contribution in [0.15, 0.2) is 54.9 Å². The summed E-state index contributed by atoms with van der Waals surface area (Å²) in [5, 5.41) is 11.7. The molecule has 9 heteroatoms. The van der Waals surface area contributed by atoms with Crippen LogP contribution in [0.3, 0.4) is 0 Å². The Labute approximate surface area is 199 Å². The zero-order valence-corrected chi connectivity index (χ0v) is 19.3. The number of fused-ring (bicyclic) bond motifs is 2. The number of carbonyl (C=O) groups is 2. The summed E-state index contributed by atoms with van der Waals surface area (Å²) in [6.45, 7) is 0.675. The number of thioether (sulfide) groups is 1. The van der Waals surface area contributed by atoms with Crippen LogP contribution in [-0.2, 0) is 16.1 Å². The molecule has 4 aromatic rings. The lowest BCUT2D eigenvalue weighted by atomic mass is 9.95. The van der Waals surface area contributed by atoms with Crippen molar-refractivity contribution in [2.24, 2.45) is 5.73 Å². The van der Waals surface area contributed by atoms with E-state index in [9.17, 15) is 9.59 Å². The highest BCUT2D eigenvalue weighted by Crippen LogP contribution is 2.39. The minimum absolute atomic E-state index is 0.0949. The maximum absolute atomic E-state index is 13.1. The molecule has 0 fully saturated rings. The first-order valence-electron chi connectivity index (χ1n) is 10.8. The van der Waals surface area contributed by atoms with Crippen molar-refractivity contribution in [3.05, 3.63) is 66.0 Å². The number of nitrogens with two attached hydrogens (primary N) is 1. The summed E-state index contributed by atoms with van der Waals surface area (Å²) in [5.74, 6) is 0.547. The summed E-state index contributed by atoms with van der Waals surface area (Å²) in [7, 11) is 1.60. The molecule has 0 atom stereocenters. The van der Waals surface area contributed by atoms with E-state index < -0.39 is 11.8 Å². The number of rotatable bonds is 7. The molecule has 0 spiro atoms. The molecule has 0 unspecified atom stereocenters. The number of carbonyl (C=O) groups excluding carboxylic acids is 2. The summed E-state index contributed by atoms with van der Waals surface area (Å²) in [4.78, 5) is 29.3. The summed E-state index contributed by atoms with van der Waals surface area (Å²) < 4.78 is 7.51. The molecule has 2 aromatic heterocycles. The number of H-pyrrole nitrogens is 1. The second kappa shape index (κ2) is 8.75. The molecule has 2 amide bonds. The van der Waals surface area contributed by atoms with Gasteiger partial charge >= 0.3 is 0 Å². The van der Waals surface area contributed by atoms with Crippen LogP contribution in [0, 0.1) is 5.41 Å². The summed E-state index contributed by atoms with van der Waals surface area (Å²) in [6.07, 6.45) is 4.49. The van der Waals surface area contributed by atoms with E-state index in [1.807, 2.05) is 48.7 Å². The first-order chi connectivity index (χ1) is 16.5. The number of para-hydroxylation sites is 1. The third-order valence-corrected chi connectivity index (χ3v) is 6.75. The summed E-state index contributed by atoms with van der Waals surface area (Å²) in [6, 6.07) is 13.4. The van der Waals surface area contributed by atoms with Gasteiger partial charge in [-0.1, -0.05) is 30.0 Å². The van der Waals surface area contributed by atoms with Gasteiger partial charge in [-0.25, -0.2) is 0 Å². The molecule has 172 valence electrons. The number of ether oxygens (including phenoxy) is 1. The number of imide groups is 1. The predicted molar refractivity (Wildman–Crippen MR) is 136 cm³/mol. The molecule has 1 aliphatic rings. The third kappa shape index (κ3) is 3.73. The second-order valence-electron chi connectivity index (χ2n) is 7.97. The smallest absolute Gasteiger partial charge is 0.259 e. The summed E-state index contributed by atoms with van der Waals surface area (Å²) >= 11 is 1.30. The van der Waals surface area contributed by atoms with E-state index in [2.05, 4.69) is 14.9 Å². The molecule has 0 aliphatic carbocycles. The van der Waals surface area contributed by atoms with E-state index in [1.165, 1.54) is 11.8 Å². The molecular weight excluding hydrogens is 450 g/mol. The molecule has 0 saturated carbocycles. The van der Waals surface area contributed by atoms with Crippen molar-refractivity contribution in [2.75, 3.05) is 12.9 Å². The van der Waals surface area contributed by atoms with Gasteiger partial charge < -0.3 is 20.0 Å². The fourth-order valence-electron chi connectivity index (χ4n) is 4.45. The van der Waals surface area contributed by atoms with E-state index in [4.69, 9.17) is 15.9 Å². The van der Waals surface area contributed by atoms with Gasteiger partial charge in [0.05, 0.1) is 18.3 Å². The molecule has 5 N–H and O–H groups in total. The van der Waals surface area contributed by atoms with Crippen LogP contribution >= 0.6 is 11.8 Å². The Morgan fingerprint density at radius 1 is 1.09 bits per heavy atom. The molecule has 0 radical (unpaired) electrons. The van der Waals surface area contributed by atoms with Crippen molar-refractivity contribution >= 4 is 61.7 Å². The van der Waals surface area contributed by atoms with Crippen LogP contribution < -0.4 is 15.8 Å². The van der Waals surface area contributed by atoms with Crippen molar-refractivity contribution < 1.29 is 14.3 Å². The molecule has 0 bridgehead atoms. The van der Waals surface area contributed by atoms with Crippen molar-refractivity contribution in [2.45, 2.75) is 13.0 Å². The Balaban J connectivity index is 1.68. The van der Waals surface area contributed by atoms with Crippen LogP contribution in [0.5, 0.6) is 5.75 Å². The molecule has 34 heavy (non-hydrogen) atoms. The minimum Gasteiger partial charge on any atom is -0.497 e. The quantitative estimate of drug-likeness (QED) is 0.141. The molecular formula is C25H23N5O3S. The van der Waals surface area contributed by atoms with Gasteiger partial charge in [0, 0.05) is 57.6 Å². The number of aromatic amines is 1. The standard InChI is InChI=1S/C25H23N5O3S/c1-33-14-7-8-20-16(11-14)18(13-30(20)9-4-10-34-25(26)27)22-21(23(31)29-24(22)32)17-12-28-19-6-3-2-5-15(17)19/h2-3,5-8,11-13,28H,4,9-10H2,1H3,(H3,26,27)(H,29,31,32). The Morgan fingerprint density at radius 3 is 2.62 bits per heavy atom. The van der Waals surface area contributed by atoms with Crippen molar-refractivity contribution in [1.82, 2.24) is 14.9 Å². The van der Waals surface area contributed by atoms with Gasteiger partial charge in [0.15, 0.2) is 5.17 Å². The van der Waals surface area contributed by atoms with E-state index in [0.29, 0.717) is 40.3 Å². The first-order valence-corrected chi connectivity index (χ1v) is 11.8. The number of amides is 2. The maximum atomic E-state index is 13.1. The number of nitrogens with zero attached hydrogens (tertiary/aromatic N) is 1. The fourth-order valence-corrected chi connectivity index (χ4v) is 4.95. The van der Waals surface area contributed by atoms with Crippen LogP contribution in [-0.4, -0.2) is 39.4 Å². The van der Waals surface area contributed by atoms with Crippen LogP contribution in [0.1, 0.15) is 17.5 Å². The number of amidine groups is 1. The Morgan fingerprint density at radius 2 is 1.85 bits per heavy atom. The Bertz CT molecular complexity index is 1500. The van der Waals surface area contributed by atoms with E-state index in [0.717, 1.165) is 28.2 Å². The lowest BCUT2D eigenvalue weighted by Gasteiger charge is -2.06. The zero-order valence-electron chi connectivity index (χ0n) is 18.5. The number of aryl methyl sites for hydroxylation is 1. The van der Waals surface area contributed by atoms with Gasteiger partial charge in [0.25, 0.3) is 11.8 Å². The van der Waals surface area contributed by atoms with Crippen LogP contribution in [0.4, 0.5) is 0 Å². The number of methoxy groups -OCH3 is 1. The molecule has 8 nitrogen and oxygen atoms in total. The van der Waals surface area contributed by atoms with Gasteiger partial charge in [-0.05, 0) is 30.7 Å². The number of hydrogen-bond donors (Lipinski definition) is 4. The van der Waals surface area contributed by atoms with Gasteiger partial charge in [-0.2, -0.15) is 0 Å². The highest BCUT2D eigenvalue weighted by molar-refractivity contribution is 8.13. The molecule has 5 rings (SSSR count). The Hall–Kier alpha value is -3.98. The number of aromatic nitrogens is 2. The van der Waals surface area contributed by atoms with Crippen LogP contribution in [0.2, 0.25) is 0 Å². The first kappa shape index (κ1) is 21.8. The number of benzene rings is 2. The van der Waals surface area contributed by atoms with Crippen molar-refractivity contribution in [3.8, 4) is 5.75 Å². The van der Waals surface area contributed by atoms with Gasteiger partial charge in [-0.15, -0.1) is 0 Å². The lowest BCUT2D eigenvalue weighted by molar-refractivity contribution is -0.122. The monoisotopic (exact) mass is 473 g/mol. The van der Waals surface area contributed by atoms with E-state index in [-0.39, 0.29) is 5.17 Å². The van der Waals surface area contributed by atoms with Crippen molar-refractivity contribution in [1.29, 1.82) is 5.41 Å².